The molecule has 0 amide bonds. The van der Waals surface area contributed by atoms with Gasteiger partial charge in [-0.2, -0.15) is 0 Å². The molecule has 2 heteroatoms. The summed E-state index contributed by atoms with van der Waals surface area (Å²) in [6.07, 6.45) is 10.5. The van der Waals surface area contributed by atoms with Crippen molar-refractivity contribution >= 4 is 45.8 Å². The summed E-state index contributed by atoms with van der Waals surface area (Å²) in [7, 11) is 0. The molecule has 3 aliphatic carbocycles. The van der Waals surface area contributed by atoms with Crippen LogP contribution in [0.25, 0.3) is 22.8 Å². The molecule has 0 aliphatic heterocycles. The van der Waals surface area contributed by atoms with Crippen LogP contribution in [-0.2, 0) is 21.7 Å². The molecule has 0 N–H and O–H groups in total. The van der Waals surface area contributed by atoms with Gasteiger partial charge in [0.05, 0.1) is 0 Å². The van der Waals surface area contributed by atoms with Gasteiger partial charge in [-0.25, -0.2) is 0 Å². The third-order valence-electron chi connectivity index (χ3n) is 14.9. The Morgan fingerprint density at radius 2 is 0.879 bits per heavy atom. The molecular weight excluding hydrogens is 797 g/mol. The standard InChI is InChI=1S/C64H64N2/c1-61(2,3)45-25-29-49(30-26-45)65(47-17-13-11-14-18-47)51-33-37-55-53-35-23-43(39-57(53)63(7,8)59(55)41-51)21-22-44-24-36-54-56-38-34-52(42-60(56)64(9,10)58(54)40-44)66(48-19-15-12-16-20-48)50-31-27-46(28-32-50)62(4,5)6/h11-39,41-42,58H,40H2,1-10H3/b22-21+. The maximum Gasteiger partial charge on any atom is 0.0465 e. The van der Waals surface area contributed by atoms with Crippen LogP contribution in [0.4, 0.5) is 34.1 Å². The Balaban J connectivity index is 0.912. The highest BCUT2D eigenvalue weighted by Crippen LogP contribution is 2.56. The minimum atomic E-state index is -0.158. The predicted molar refractivity (Wildman–Crippen MR) is 283 cm³/mol. The quantitative estimate of drug-likeness (QED) is 0.150. The molecule has 7 aromatic carbocycles. The Morgan fingerprint density at radius 3 is 1.39 bits per heavy atom. The molecule has 0 saturated heterocycles. The third-order valence-corrected chi connectivity index (χ3v) is 14.9. The van der Waals surface area contributed by atoms with Gasteiger partial charge in [-0.1, -0.05) is 185 Å². The van der Waals surface area contributed by atoms with Gasteiger partial charge in [0.2, 0.25) is 0 Å². The van der Waals surface area contributed by atoms with E-state index in [1.807, 2.05) is 0 Å². The molecule has 3 aliphatic rings. The Morgan fingerprint density at radius 1 is 0.439 bits per heavy atom. The van der Waals surface area contributed by atoms with E-state index >= 15 is 0 Å². The van der Waals surface area contributed by atoms with Crippen LogP contribution in [0.2, 0.25) is 0 Å². The van der Waals surface area contributed by atoms with E-state index in [1.165, 1.54) is 84.0 Å². The highest BCUT2D eigenvalue weighted by Gasteiger charge is 2.44. The predicted octanol–water partition coefficient (Wildman–Crippen LogP) is 17.9. The molecule has 0 spiro atoms. The molecule has 0 heterocycles. The van der Waals surface area contributed by atoms with Crippen molar-refractivity contribution < 1.29 is 0 Å². The van der Waals surface area contributed by atoms with Crippen molar-refractivity contribution in [3.05, 3.63) is 227 Å². The summed E-state index contributed by atoms with van der Waals surface area (Å²) in [5.74, 6) is 0.401. The Kier molecular flexibility index (Phi) is 10.5. The van der Waals surface area contributed by atoms with Crippen molar-refractivity contribution in [2.75, 3.05) is 9.80 Å². The van der Waals surface area contributed by atoms with Crippen LogP contribution in [0.3, 0.4) is 0 Å². The lowest BCUT2D eigenvalue weighted by Gasteiger charge is -2.32. The average molecular weight is 861 g/mol. The minimum absolute atomic E-state index is 0.0306. The van der Waals surface area contributed by atoms with Crippen LogP contribution in [0.5, 0.6) is 0 Å². The number of nitrogens with zero attached hydrogens (tertiary/aromatic N) is 2. The molecule has 7 aromatic rings. The lowest BCUT2D eigenvalue weighted by molar-refractivity contribution is 0.410. The Bertz CT molecular complexity index is 3040. The summed E-state index contributed by atoms with van der Waals surface area (Å²) in [5, 5.41) is 0. The smallest absolute Gasteiger partial charge is 0.0465 e. The molecule has 330 valence electrons. The number of para-hydroxylation sites is 2. The van der Waals surface area contributed by atoms with Crippen molar-refractivity contribution in [2.45, 2.75) is 97.3 Å². The molecule has 10 rings (SSSR count). The van der Waals surface area contributed by atoms with E-state index in [4.69, 9.17) is 0 Å². The van der Waals surface area contributed by atoms with Gasteiger partial charge in [0.25, 0.3) is 0 Å². The van der Waals surface area contributed by atoms with E-state index < -0.39 is 0 Å². The fourth-order valence-corrected chi connectivity index (χ4v) is 10.9. The first kappa shape index (κ1) is 43.3. The zero-order valence-corrected chi connectivity index (χ0v) is 40.6. The van der Waals surface area contributed by atoms with Gasteiger partial charge in [0.15, 0.2) is 0 Å². The first-order valence-electron chi connectivity index (χ1n) is 23.9. The van der Waals surface area contributed by atoms with Gasteiger partial charge in [-0.3, -0.25) is 0 Å². The summed E-state index contributed by atoms with van der Waals surface area (Å²) in [4.78, 5) is 4.81. The molecular formula is C64H64N2. The number of hydrogen-bond acceptors (Lipinski definition) is 2. The van der Waals surface area contributed by atoms with Crippen LogP contribution < -0.4 is 9.80 Å². The fourth-order valence-electron chi connectivity index (χ4n) is 10.9. The number of hydrogen-bond donors (Lipinski definition) is 0. The van der Waals surface area contributed by atoms with Crippen molar-refractivity contribution in [1.82, 2.24) is 0 Å². The van der Waals surface area contributed by atoms with Crippen LogP contribution in [0.15, 0.2) is 188 Å². The Hall–Kier alpha value is -6.64. The number of rotatable bonds is 8. The zero-order chi connectivity index (χ0) is 46.2. The molecule has 0 fully saturated rings. The van der Waals surface area contributed by atoms with Gasteiger partial charge in [-0.05, 0) is 163 Å². The van der Waals surface area contributed by atoms with E-state index in [9.17, 15) is 0 Å². The lowest BCUT2D eigenvalue weighted by atomic mass is 9.73. The van der Waals surface area contributed by atoms with Crippen molar-refractivity contribution in [1.29, 1.82) is 0 Å². The SMILES string of the molecule is CC(C)(C)c1ccc(N(c2ccccc2)c2ccc3c(c2)C(C)(C)c2cc(/C=C/C4=CC=C5c6ccc(N(c7ccccc7)c7ccc(C(C)(C)C)cc7)cc6C(C)(C)C5C4)ccc2-3)cc1. The average Bonchev–Trinajstić information content (AvgIpc) is 3.67. The minimum Gasteiger partial charge on any atom is -0.310 e. The molecule has 0 aromatic heterocycles. The largest absolute Gasteiger partial charge is 0.310 e. The van der Waals surface area contributed by atoms with Gasteiger partial charge in [0, 0.05) is 39.5 Å². The second-order valence-corrected chi connectivity index (χ2v) is 22.0. The molecule has 2 nitrogen and oxygen atoms in total. The van der Waals surface area contributed by atoms with Crippen LogP contribution in [-0.4, -0.2) is 0 Å². The van der Waals surface area contributed by atoms with Gasteiger partial charge in [-0.15, -0.1) is 0 Å². The molecule has 1 unspecified atom stereocenters. The summed E-state index contributed by atoms with van der Waals surface area (Å²) < 4.78 is 0. The van der Waals surface area contributed by atoms with Crippen molar-refractivity contribution in [3.8, 4) is 11.1 Å². The van der Waals surface area contributed by atoms with E-state index in [-0.39, 0.29) is 21.7 Å². The maximum atomic E-state index is 2.46. The third kappa shape index (κ3) is 7.65. The van der Waals surface area contributed by atoms with Crippen molar-refractivity contribution in [2.24, 2.45) is 5.92 Å². The Labute approximate surface area is 394 Å². The van der Waals surface area contributed by atoms with Gasteiger partial charge < -0.3 is 9.80 Å². The van der Waals surface area contributed by atoms with E-state index in [2.05, 4.69) is 267 Å². The molecule has 0 radical (unpaired) electrons. The van der Waals surface area contributed by atoms with E-state index in [0.717, 1.165) is 17.8 Å². The number of anilines is 6. The number of benzene rings is 7. The van der Waals surface area contributed by atoms with Crippen LogP contribution in [0.1, 0.15) is 115 Å². The zero-order valence-electron chi connectivity index (χ0n) is 40.6. The summed E-state index contributed by atoms with van der Waals surface area (Å²) in [6.45, 7) is 23.3. The number of fused-ring (bicyclic) bond motifs is 6. The second-order valence-electron chi connectivity index (χ2n) is 22.0. The van der Waals surface area contributed by atoms with E-state index in [1.54, 1.807) is 0 Å². The maximum absolute atomic E-state index is 2.46. The first-order chi connectivity index (χ1) is 31.5. The fraction of sp³-hybridized carbons (Fsp3) is 0.250. The lowest BCUT2D eigenvalue weighted by Crippen LogP contribution is -2.25. The van der Waals surface area contributed by atoms with E-state index in [0.29, 0.717) is 5.92 Å². The monoisotopic (exact) mass is 861 g/mol. The molecule has 1 atom stereocenters. The normalized spacial score (nSPS) is 16.8. The van der Waals surface area contributed by atoms with Crippen LogP contribution >= 0.6 is 0 Å². The van der Waals surface area contributed by atoms with Crippen molar-refractivity contribution in [3.63, 3.8) is 0 Å². The summed E-state index contributed by atoms with van der Waals surface area (Å²) >= 11 is 0. The highest BCUT2D eigenvalue weighted by molar-refractivity contribution is 5.87. The second kappa shape index (κ2) is 16.1. The number of allylic oxidation sites excluding steroid dienone is 5. The van der Waals surface area contributed by atoms with Crippen LogP contribution in [0, 0.1) is 5.92 Å². The molecule has 0 saturated carbocycles. The topological polar surface area (TPSA) is 6.48 Å². The first-order valence-corrected chi connectivity index (χ1v) is 23.9. The highest BCUT2D eigenvalue weighted by atomic mass is 15.1. The van der Waals surface area contributed by atoms with Gasteiger partial charge >= 0.3 is 0 Å². The molecule has 0 bridgehead atoms. The molecule has 66 heavy (non-hydrogen) atoms. The summed E-state index contributed by atoms with van der Waals surface area (Å²) in [5.41, 5.74) is 22.0. The van der Waals surface area contributed by atoms with Gasteiger partial charge in [0.1, 0.15) is 0 Å². The summed E-state index contributed by atoms with van der Waals surface area (Å²) in [6, 6.07) is 61.1.